The molecule has 0 N–H and O–H groups in total. The number of carbonyl (C=O) groups excluding carboxylic acids is 1. The molecular weight excluding hydrogens is 412 g/mol. The molecule has 0 radical (unpaired) electrons. The largest absolute Gasteiger partial charge is 0.416 e. The first-order valence-electron chi connectivity index (χ1n) is 8.58. The van der Waals surface area contributed by atoms with E-state index < -0.39 is 11.7 Å². The monoisotopic (exact) mass is 428 g/mol. The van der Waals surface area contributed by atoms with E-state index in [9.17, 15) is 18.0 Å². The van der Waals surface area contributed by atoms with Crippen LogP contribution in [-0.4, -0.2) is 37.0 Å². The van der Waals surface area contributed by atoms with Gasteiger partial charge in [0, 0.05) is 48.0 Å². The number of piperazine rings is 1. The molecule has 0 bridgehead atoms. The van der Waals surface area contributed by atoms with Crippen molar-refractivity contribution in [3.05, 3.63) is 69.7 Å². The SMILES string of the molecule is O=C(C=Cc1ccc(Cl)cc1Cl)N1CCN(c2cccc(C(F)(F)F)c2)CC1. The molecule has 0 unspecified atom stereocenters. The van der Waals surface area contributed by atoms with Crippen molar-refractivity contribution in [1.29, 1.82) is 0 Å². The van der Waals surface area contributed by atoms with E-state index in [-0.39, 0.29) is 5.91 Å². The van der Waals surface area contributed by atoms with Crippen molar-refractivity contribution in [2.75, 3.05) is 31.1 Å². The fourth-order valence-corrected chi connectivity index (χ4v) is 3.44. The van der Waals surface area contributed by atoms with E-state index in [1.807, 2.05) is 4.90 Å². The fraction of sp³-hybridized carbons (Fsp3) is 0.250. The molecule has 1 heterocycles. The zero-order chi connectivity index (χ0) is 20.3. The van der Waals surface area contributed by atoms with E-state index in [0.29, 0.717) is 47.5 Å². The van der Waals surface area contributed by atoms with Crippen molar-refractivity contribution < 1.29 is 18.0 Å². The van der Waals surface area contributed by atoms with E-state index in [2.05, 4.69) is 0 Å². The molecule has 28 heavy (non-hydrogen) atoms. The van der Waals surface area contributed by atoms with Crippen LogP contribution in [0.25, 0.3) is 6.08 Å². The van der Waals surface area contributed by atoms with Crippen molar-refractivity contribution in [3.63, 3.8) is 0 Å². The van der Waals surface area contributed by atoms with Gasteiger partial charge in [-0.15, -0.1) is 0 Å². The molecule has 8 heteroatoms. The number of nitrogens with zero attached hydrogens (tertiary/aromatic N) is 2. The summed E-state index contributed by atoms with van der Waals surface area (Å²) >= 11 is 11.9. The second kappa shape index (κ2) is 8.45. The Labute approximate surface area is 170 Å². The summed E-state index contributed by atoms with van der Waals surface area (Å²) < 4.78 is 38.6. The van der Waals surface area contributed by atoms with Crippen molar-refractivity contribution >= 4 is 40.9 Å². The Bertz CT molecular complexity index is 891. The second-order valence-electron chi connectivity index (χ2n) is 6.36. The maximum atomic E-state index is 12.9. The first kappa shape index (κ1) is 20.6. The minimum atomic E-state index is -4.37. The Balaban J connectivity index is 1.60. The van der Waals surface area contributed by atoms with Gasteiger partial charge in [0.15, 0.2) is 0 Å². The topological polar surface area (TPSA) is 23.6 Å². The zero-order valence-corrected chi connectivity index (χ0v) is 16.2. The molecule has 1 aliphatic rings. The standard InChI is InChI=1S/C20H17Cl2F3N2O/c21-16-6-4-14(18(22)13-16)5-7-19(28)27-10-8-26(9-11-27)17-3-1-2-15(12-17)20(23,24)25/h1-7,12-13H,8-11H2. The molecule has 1 amide bonds. The summed E-state index contributed by atoms with van der Waals surface area (Å²) in [6, 6.07) is 10.2. The minimum Gasteiger partial charge on any atom is -0.368 e. The fourth-order valence-electron chi connectivity index (χ4n) is 2.97. The lowest BCUT2D eigenvalue weighted by Gasteiger charge is -2.35. The Morgan fingerprint density at radius 2 is 1.71 bits per heavy atom. The first-order chi connectivity index (χ1) is 13.2. The highest BCUT2D eigenvalue weighted by atomic mass is 35.5. The highest BCUT2D eigenvalue weighted by Crippen LogP contribution is 2.32. The van der Waals surface area contributed by atoms with Crippen LogP contribution in [0, 0.1) is 0 Å². The number of halogens is 5. The maximum absolute atomic E-state index is 12.9. The van der Waals surface area contributed by atoms with Gasteiger partial charge < -0.3 is 9.80 Å². The van der Waals surface area contributed by atoms with Crippen LogP contribution in [0.4, 0.5) is 18.9 Å². The third-order valence-corrected chi connectivity index (χ3v) is 5.06. The molecule has 3 nitrogen and oxygen atoms in total. The molecular formula is C20H17Cl2F3N2O. The van der Waals surface area contributed by atoms with Gasteiger partial charge in [-0.05, 0) is 42.0 Å². The van der Waals surface area contributed by atoms with Crippen LogP contribution in [0.1, 0.15) is 11.1 Å². The number of amides is 1. The summed E-state index contributed by atoms with van der Waals surface area (Å²) in [5.74, 6) is -0.172. The van der Waals surface area contributed by atoms with E-state index in [1.54, 1.807) is 35.2 Å². The predicted octanol–water partition coefficient (Wildman–Crippen LogP) is 5.37. The lowest BCUT2D eigenvalue weighted by Crippen LogP contribution is -2.48. The Hall–Kier alpha value is -2.18. The number of rotatable bonds is 3. The summed E-state index contributed by atoms with van der Waals surface area (Å²) in [6.45, 7) is 1.77. The lowest BCUT2D eigenvalue weighted by molar-refractivity contribution is -0.137. The average Bonchev–Trinajstić information content (AvgIpc) is 2.67. The van der Waals surface area contributed by atoms with Crippen LogP contribution in [0.3, 0.4) is 0 Å². The van der Waals surface area contributed by atoms with E-state index in [1.165, 1.54) is 12.1 Å². The van der Waals surface area contributed by atoms with Gasteiger partial charge in [-0.25, -0.2) is 0 Å². The molecule has 0 atom stereocenters. The number of carbonyl (C=O) groups is 1. The third kappa shape index (κ3) is 5.00. The third-order valence-electron chi connectivity index (χ3n) is 4.50. The number of anilines is 1. The molecule has 1 saturated heterocycles. The van der Waals surface area contributed by atoms with Gasteiger partial charge in [0.1, 0.15) is 0 Å². The Kier molecular flexibility index (Phi) is 6.20. The summed E-state index contributed by atoms with van der Waals surface area (Å²) in [7, 11) is 0. The van der Waals surface area contributed by atoms with Crippen LogP contribution in [-0.2, 0) is 11.0 Å². The van der Waals surface area contributed by atoms with Crippen LogP contribution in [0.5, 0.6) is 0 Å². The van der Waals surface area contributed by atoms with Gasteiger partial charge in [-0.1, -0.05) is 35.3 Å². The summed E-state index contributed by atoms with van der Waals surface area (Å²) in [4.78, 5) is 15.9. The smallest absolute Gasteiger partial charge is 0.368 e. The normalized spacial score (nSPS) is 15.3. The van der Waals surface area contributed by atoms with Gasteiger partial charge in [0.25, 0.3) is 0 Å². The summed E-state index contributed by atoms with van der Waals surface area (Å²) in [5.41, 5.74) is 0.513. The number of alkyl halides is 3. The minimum absolute atomic E-state index is 0.172. The molecule has 2 aromatic carbocycles. The molecule has 0 saturated carbocycles. The first-order valence-corrected chi connectivity index (χ1v) is 9.34. The van der Waals surface area contributed by atoms with Crippen LogP contribution < -0.4 is 4.90 Å². The van der Waals surface area contributed by atoms with Gasteiger partial charge in [-0.2, -0.15) is 13.2 Å². The van der Waals surface area contributed by atoms with Crippen LogP contribution >= 0.6 is 23.2 Å². The summed E-state index contributed by atoms with van der Waals surface area (Å²) in [5, 5.41) is 0.963. The average molecular weight is 429 g/mol. The van der Waals surface area contributed by atoms with E-state index >= 15 is 0 Å². The molecule has 1 fully saturated rings. The number of benzene rings is 2. The van der Waals surface area contributed by atoms with Crippen molar-refractivity contribution in [3.8, 4) is 0 Å². The highest BCUT2D eigenvalue weighted by molar-refractivity contribution is 6.35. The molecule has 0 aliphatic carbocycles. The number of hydrogen-bond donors (Lipinski definition) is 0. The van der Waals surface area contributed by atoms with E-state index in [4.69, 9.17) is 23.2 Å². The molecule has 0 aromatic heterocycles. The molecule has 3 rings (SSSR count). The number of hydrogen-bond acceptors (Lipinski definition) is 2. The Morgan fingerprint density at radius 1 is 1.00 bits per heavy atom. The van der Waals surface area contributed by atoms with Crippen molar-refractivity contribution in [2.24, 2.45) is 0 Å². The van der Waals surface area contributed by atoms with E-state index in [0.717, 1.165) is 12.1 Å². The molecule has 1 aliphatic heterocycles. The van der Waals surface area contributed by atoms with Crippen LogP contribution in [0.2, 0.25) is 10.0 Å². The van der Waals surface area contributed by atoms with Gasteiger partial charge in [-0.3, -0.25) is 4.79 Å². The second-order valence-corrected chi connectivity index (χ2v) is 7.20. The molecule has 148 valence electrons. The maximum Gasteiger partial charge on any atom is 0.416 e. The zero-order valence-electron chi connectivity index (χ0n) is 14.7. The van der Waals surface area contributed by atoms with Gasteiger partial charge in [0.2, 0.25) is 5.91 Å². The molecule has 2 aromatic rings. The van der Waals surface area contributed by atoms with Gasteiger partial charge >= 0.3 is 6.18 Å². The molecule has 0 spiro atoms. The summed E-state index contributed by atoms with van der Waals surface area (Å²) in [6.07, 6.45) is -1.31. The van der Waals surface area contributed by atoms with Crippen LogP contribution in [0.15, 0.2) is 48.5 Å². The van der Waals surface area contributed by atoms with Gasteiger partial charge in [0.05, 0.1) is 5.56 Å². The van der Waals surface area contributed by atoms with Crippen molar-refractivity contribution in [2.45, 2.75) is 6.18 Å². The Morgan fingerprint density at radius 3 is 2.36 bits per heavy atom. The lowest BCUT2D eigenvalue weighted by atomic mass is 10.1. The predicted molar refractivity (Wildman–Crippen MR) is 106 cm³/mol. The quantitative estimate of drug-likeness (QED) is 0.613. The highest BCUT2D eigenvalue weighted by Gasteiger charge is 2.31. The van der Waals surface area contributed by atoms with Crippen molar-refractivity contribution in [1.82, 2.24) is 4.90 Å².